The molecule has 1 radical (unpaired) electrons. The first kappa shape index (κ1) is 38.2. The fourth-order valence-corrected chi connectivity index (χ4v) is 0. The molecule has 0 aliphatic rings. The van der Waals surface area contributed by atoms with Crippen LogP contribution in [0, 0.1) is 35.5 Å². The Labute approximate surface area is 102 Å². The Morgan fingerprint density at radius 3 is 0.625 bits per heavy atom. The van der Waals surface area contributed by atoms with E-state index in [-0.39, 0.29) is 68.5 Å². The van der Waals surface area contributed by atoms with Crippen LogP contribution in [0.25, 0.3) is 0 Å². The Balaban J connectivity index is -0.00000000500. The second kappa shape index (κ2) is 855. The molecule has 0 aliphatic carbocycles. The van der Waals surface area contributed by atoms with Gasteiger partial charge in [-0.05, 0) is 0 Å². The molecule has 0 aromatic carbocycles. The summed E-state index contributed by atoms with van der Waals surface area (Å²) in [6.45, 7) is 14.2. The van der Waals surface area contributed by atoms with E-state index in [1.807, 2.05) is 0 Å². The van der Waals surface area contributed by atoms with Crippen LogP contribution in [0.4, 0.5) is 0 Å². The molecule has 3 nitrogen and oxygen atoms in total. The van der Waals surface area contributed by atoms with Gasteiger partial charge in [-0.25, -0.2) is 0 Å². The summed E-state index contributed by atoms with van der Waals surface area (Å²) in [5.41, 5.74) is 0. The van der Waals surface area contributed by atoms with Gasteiger partial charge in [0.2, 0.25) is 0 Å². The summed E-state index contributed by atoms with van der Waals surface area (Å²) < 4.78 is 0. The first-order valence-corrected chi connectivity index (χ1v) is 0.671. The summed E-state index contributed by atoms with van der Waals surface area (Å²) >= 11 is 0. The summed E-state index contributed by atoms with van der Waals surface area (Å²) in [5.74, 6) is 0. The maximum atomic E-state index is 6.25. The Kier molecular flexibility index (Phi) is 4080. The Hall–Kier alpha value is 0.626. The quantitative estimate of drug-likeness (QED) is 0.294. The van der Waals surface area contributed by atoms with Crippen LogP contribution in [-0.2, 0) is 17.1 Å². The molecule has 0 amide bonds. The van der Waals surface area contributed by atoms with Crippen LogP contribution in [0.1, 0.15) is 0 Å². The molecular weight excluding hydrogens is 172 g/mol. The summed E-state index contributed by atoms with van der Waals surface area (Å²) in [7, 11) is 0. The molecular formula is C3KMnN3. The summed E-state index contributed by atoms with van der Waals surface area (Å²) in [4.78, 5) is 0. The van der Waals surface area contributed by atoms with E-state index in [2.05, 4.69) is 0 Å². The van der Waals surface area contributed by atoms with E-state index in [0.29, 0.717) is 0 Å². The molecule has 8 heavy (non-hydrogen) atoms. The zero-order chi connectivity index (χ0) is 6.00. The molecule has 0 N–H and O–H groups in total. The summed E-state index contributed by atoms with van der Waals surface area (Å²) in [5, 5.41) is 18.8. The van der Waals surface area contributed by atoms with E-state index in [1.54, 1.807) is 0 Å². The van der Waals surface area contributed by atoms with E-state index in [4.69, 9.17) is 35.5 Å². The fraction of sp³-hybridized carbons (Fsp3) is 0. The standard InChI is InChI=1S/3CN.K.Mn/c3*1-2;;/q3*-1;+1;+2. The molecule has 0 aromatic rings. The first-order valence-electron chi connectivity index (χ1n) is 0.671. The van der Waals surface area contributed by atoms with Crippen LogP contribution < -0.4 is 51.4 Å². The summed E-state index contributed by atoms with van der Waals surface area (Å²) in [6, 6.07) is 0. The van der Waals surface area contributed by atoms with Crippen molar-refractivity contribution < 1.29 is 68.5 Å². The Morgan fingerprint density at radius 1 is 0.625 bits per heavy atom. The summed E-state index contributed by atoms with van der Waals surface area (Å²) in [6.07, 6.45) is 0. The van der Waals surface area contributed by atoms with Crippen molar-refractivity contribution in [3.05, 3.63) is 19.7 Å². The van der Waals surface area contributed by atoms with Gasteiger partial charge in [0.1, 0.15) is 0 Å². The van der Waals surface area contributed by atoms with Gasteiger partial charge in [0.05, 0.1) is 0 Å². The van der Waals surface area contributed by atoms with E-state index in [1.165, 1.54) is 0 Å². The third-order valence-corrected chi connectivity index (χ3v) is 0. The van der Waals surface area contributed by atoms with Gasteiger partial charge in [-0.15, -0.1) is 0 Å². The largest absolute Gasteiger partial charge is 2.00 e. The Bertz CT molecular complexity index is 43.0. The molecule has 0 saturated carbocycles. The van der Waals surface area contributed by atoms with Gasteiger partial charge in [0.25, 0.3) is 0 Å². The molecule has 0 atom stereocenters. The third kappa shape index (κ3) is 535. The minimum atomic E-state index is 0. The van der Waals surface area contributed by atoms with Gasteiger partial charge in [0, 0.05) is 0 Å². The topological polar surface area (TPSA) is 71.4 Å². The van der Waals surface area contributed by atoms with E-state index in [9.17, 15) is 0 Å². The van der Waals surface area contributed by atoms with Crippen molar-refractivity contribution in [2.75, 3.05) is 0 Å². The SMILES string of the molecule is [C-]#N.[C-]#N.[C-]#N.[K+].[Mn+2]. The van der Waals surface area contributed by atoms with Crippen LogP contribution in [0.2, 0.25) is 0 Å². The number of hydrogen-bond acceptors (Lipinski definition) is 3. The molecule has 0 aromatic heterocycles. The number of rotatable bonds is 0. The van der Waals surface area contributed by atoms with Crippen LogP contribution in [-0.4, -0.2) is 0 Å². The minimum Gasteiger partial charge on any atom is -0.512 e. The predicted octanol–water partition coefficient (Wildman–Crippen LogP) is -2.71. The van der Waals surface area contributed by atoms with Gasteiger partial charge in [-0.1, -0.05) is 0 Å². The van der Waals surface area contributed by atoms with Crippen molar-refractivity contribution in [1.29, 1.82) is 15.8 Å². The van der Waals surface area contributed by atoms with Crippen molar-refractivity contribution in [3.8, 4) is 0 Å². The van der Waals surface area contributed by atoms with Gasteiger partial charge in [0.15, 0.2) is 0 Å². The zero-order valence-corrected chi connectivity index (χ0v) is 8.52. The molecule has 0 bridgehead atoms. The van der Waals surface area contributed by atoms with Crippen LogP contribution in [0.3, 0.4) is 0 Å². The van der Waals surface area contributed by atoms with Crippen molar-refractivity contribution in [2.45, 2.75) is 0 Å². The molecule has 0 spiro atoms. The van der Waals surface area contributed by atoms with Crippen LogP contribution in [0.15, 0.2) is 0 Å². The first-order chi connectivity index (χ1) is 3.00. The van der Waals surface area contributed by atoms with Gasteiger partial charge < -0.3 is 35.5 Å². The zero-order valence-electron chi connectivity index (χ0n) is 4.22. The van der Waals surface area contributed by atoms with Gasteiger partial charge in [-0.2, -0.15) is 0 Å². The van der Waals surface area contributed by atoms with Crippen LogP contribution in [0.5, 0.6) is 0 Å². The normalized spacial score (nSPS) is 0.750. The Morgan fingerprint density at radius 2 is 0.625 bits per heavy atom. The van der Waals surface area contributed by atoms with Crippen molar-refractivity contribution in [1.82, 2.24) is 0 Å². The smallest absolute Gasteiger partial charge is 0.512 e. The molecule has 35 valence electrons. The van der Waals surface area contributed by atoms with Gasteiger partial charge in [-0.3, -0.25) is 0 Å². The average Bonchev–Trinajstić information content (AvgIpc) is 1.81. The monoisotopic (exact) mass is 172 g/mol. The predicted molar refractivity (Wildman–Crippen MR) is 14.9 cm³/mol. The van der Waals surface area contributed by atoms with E-state index >= 15 is 0 Å². The minimum absolute atomic E-state index is 0. The molecule has 0 fully saturated rings. The number of hydrogen-bond donors (Lipinski definition) is 0. The molecule has 0 unspecified atom stereocenters. The van der Waals surface area contributed by atoms with Crippen molar-refractivity contribution in [2.24, 2.45) is 0 Å². The third-order valence-electron chi connectivity index (χ3n) is 0. The second-order valence-corrected chi connectivity index (χ2v) is 0. The maximum Gasteiger partial charge on any atom is 2.00 e. The maximum absolute atomic E-state index is 6.25. The number of nitrogens with zero attached hydrogens (tertiary/aromatic N) is 3. The van der Waals surface area contributed by atoms with Gasteiger partial charge >= 0.3 is 68.5 Å². The van der Waals surface area contributed by atoms with E-state index < -0.39 is 0 Å². The molecule has 0 heterocycles. The molecule has 0 aliphatic heterocycles. The second-order valence-electron chi connectivity index (χ2n) is 0. The van der Waals surface area contributed by atoms with Crippen molar-refractivity contribution >= 4 is 0 Å². The van der Waals surface area contributed by atoms with Crippen molar-refractivity contribution in [3.63, 3.8) is 0 Å². The molecule has 5 heteroatoms. The van der Waals surface area contributed by atoms with Crippen LogP contribution >= 0.6 is 0 Å². The molecule has 0 saturated heterocycles. The molecule has 0 rings (SSSR count). The fourth-order valence-electron chi connectivity index (χ4n) is 0. The van der Waals surface area contributed by atoms with E-state index in [0.717, 1.165) is 0 Å². The average molecular weight is 172 g/mol.